The van der Waals surface area contributed by atoms with Crippen molar-refractivity contribution in [2.24, 2.45) is 0 Å². The highest BCUT2D eigenvalue weighted by Gasteiger charge is 2.18. The van der Waals surface area contributed by atoms with Gasteiger partial charge in [-0.25, -0.2) is 8.42 Å². The van der Waals surface area contributed by atoms with E-state index < -0.39 is 15.9 Å². The van der Waals surface area contributed by atoms with Crippen molar-refractivity contribution in [2.45, 2.75) is 26.3 Å². The Hall–Kier alpha value is -3.13. The van der Waals surface area contributed by atoms with Gasteiger partial charge in [-0.05, 0) is 49.7 Å². The van der Waals surface area contributed by atoms with Crippen molar-refractivity contribution in [2.75, 3.05) is 22.4 Å². The Kier molecular flexibility index (Phi) is 7.77. The van der Waals surface area contributed by atoms with E-state index in [2.05, 4.69) is 17.2 Å². The Morgan fingerprint density at radius 2 is 1.73 bits per heavy atom. The molecule has 160 valence electrons. The fourth-order valence-corrected chi connectivity index (χ4v) is 3.60. The number of nitrogens with one attached hydrogen (secondary N) is 2. The largest absolute Gasteiger partial charge is 0.350 e. The van der Waals surface area contributed by atoms with Crippen LogP contribution in [0.5, 0.6) is 0 Å². The zero-order valence-corrected chi connectivity index (χ0v) is 18.2. The van der Waals surface area contributed by atoms with Gasteiger partial charge in [0.15, 0.2) is 0 Å². The van der Waals surface area contributed by atoms with Crippen LogP contribution < -0.4 is 14.9 Å². The minimum Gasteiger partial charge on any atom is -0.350 e. The van der Waals surface area contributed by atoms with E-state index in [0.29, 0.717) is 22.5 Å². The Balaban J connectivity index is 2.21. The van der Waals surface area contributed by atoms with Crippen molar-refractivity contribution in [3.63, 3.8) is 0 Å². The molecule has 2 aromatic carbocycles. The maximum absolute atomic E-state index is 12.7. The Labute approximate surface area is 177 Å². The van der Waals surface area contributed by atoms with Crippen LogP contribution in [-0.4, -0.2) is 39.1 Å². The number of benzene rings is 2. The third-order valence-corrected chi connectivity index (χ3v) is 5.68. The average Bonchev–Trinajstić information content (AvgIpc) is 2.71. The standard InChI is InChI=1S/C22H27N3O4S/c1-5-15-25(30(4,28)29)18-13-11-17(12-14-18)21(26)24-20-10-8-7-9-19(20)22(27)23-16(3)6-2/h5,7-14,16H,1,6,15H2,2-4H3,(H,23,27)(H,24,26)/t16-/m1/s1. The highest BCUT2D eigenvalue weighted by molar-refractivity contribution is 7.92. The lowest BCUT2D eigenvalue weighted by molar-refractivity contribution is 0.0940. The summed E-state index contributed by atoms with van der Waals surface area (Å²) in [6, 6.07) is 13.0. The van der Waals surface area contributed by atoms with Crippen molar-refractivity contribution in [1.82, 2.24) is 5.32 Å². The maximum atomic E-state index is 12.7. The van der Waals surface area contributed by atoms with Gasteiger partial charge in [-0.2, -0.15) is 0 Å². The number of nitrogens with zero attached hydrogens (tertiary/aromatic N) is 1. The van der Waals surface area contributed by atoms with E-state index >= 15 is 0 Å². The van der Waals surface area contributed by atoms with E-state index in [1.165, 1.54) is 22.5 Å². The molecule has 2 amide bonds. The van der Waals surface area contributed by atoms with Crippen LogP contribution in [0.3, 0.4) is 0 Å². The molecule has 0 aliphatic rings. The molecule has 1 atom stereocenters. The van der Waals surface area contributed by atoms with Crippen molar-refractivity contribution in [3.05, 3.63) is 72.3 Å². The summed E-state index contributed by atoms with van der Waals surface area (Å²) in [5.74, 6) is -0.663. The van der Waals surface area contributed by atoms with Crippen molar-refractivity contribution >= 4 is 33.2 Å². The molecule has 0 bridgehead atoms. The molecule has 2 N–H and O–H groups in total. The van der Waals surface area contributed by atoms with Crippen LogP contribution in [0, 0.1) is 0 Å². The molecule has 0 aromatic heterocycles. The van der Waals surface area contributed by atoms with Gasteiger partial charge in [-0.3, -0.25) is 13.9 Å². The van der Waals surface area contributed by atoms with Crippen molar-refractivity contribution in [1.29, 1.82) is 0 Å². The number of sulfonamides is 1. The molecule has 0 aliphatic heterocycles. The summed E-state index contributed by atoms with van der Waals surface area (Å²) in [7, 11) is -3.47. The fraction of sp³-hybridized carbons (Fsp3) is 0.273. The number of carbonyl (C=O) groups is 2. The minimum atomic E-state index is -3.47. The smallest absolute Gasteiger partial charge is 0.255 e. The molecule has 0 heterocycles. The van der Waals surface area contributed by atoms with Crippen LogP contribution in [0.15, 0.2) is 61.2 Å². The third kappa shape index (κ3) is 5.93. The lowest BCUT2D eigenvalue weighted by Crippen LogP contribution is -2.32. The van der Waals surface area contributed by atoms with Crippen LogP contribution >= 0.6 is 0 Å². The summed E-state index contributed by atoms with van der Waals surface area (Å²) in [5.41, 5.74) is 1.54. The van der Waals surface area contributed by atoms with Crippen LogP contribution in [0.4, 0.5) is 11.4 Å². The molecule has 2 aromatic rings. The SMILES string of the molecule is C=CCN(c1ccc(C(=O)Nc2ccccc2C(=O)N[C@H](C)CC)cc1)S(C)(=O)=O. The molecular formula is C22H27N3O4S. The molecular weight excluding hydrogens is 402 g/mol. The van der Waals surface area contributed by atoms with Gasteiger partial charge in [0.1, 0.15) is 0 Å². The zero-order chi connectivity index (χ0) is 22.3. The maximum Gasteiger partial charge on any atom is 0.255 e. The van der Waals surface area contributed by atoms with Gasteiger partial charge in [-0.15, -0.1) is 6.58 Å². The number of rotatable bonds is 9. The number of anilines is 2. The second-order valence-corrected chi connectivity index (χ2v) is 8.82. The third-order valence-electron chi connectivity index (χ3n) is 4.52. The first kappa shape index (κ1) is 23.2. The number of hydrogen-bond acceptors (Lipinski definition) is 4. The molecule has 2 rings (SSSR count). The second-order valence-electron chi connectivity index (χ2n) is 6.91. The van der Waals surface area contributed by atoms with E-state index in [1.807, 2.05) is 13.8 Å². The topological polar surface area (TPSA) is 95.6 Å². The predicted molar refractivity (Wildman–Crippen MR) is 120 cm³/mol. The first-order valence-corrected chi connectivity index (χ1v) is 11.4. The summed E-state index contributed by atoms with van der Waals surface area (Å²) in [6.07, 6.45) is 3.39. The summed E-state index contributed by atoms with van der Waals surface area (Å²) in [5, 5.41) is 5.64. The summed E-state index contributed by atoms with van der Waals surface area (Å²) in [4.78, 5) is 25.2. The number of carbonyl (C=O) groups excluding carboxylic acids is 2. The number of amides is 2. The average molecular weight is 430 g/mol. The van der Waals surface area contributed by atoms with Crippen LogP contribution in [0.2, 0.25) is 0 Å². The number of hydrogen-bond donors (Lipinski definition) is 2. The van der Waals surface area contributed by atoms with E-state index in [9.17, 15) is 18.0 Å². The van der Waals surface area contributed by atoms with Gasteiger partial charge in [0, 0.05) is 11.6 Å². The lowest BCUT2D eigenvalue weighted by atomic mass is 10.1. The second kappa shape index (κ2) is 10.1. The van der Waals surface area contributed by atoms with Gasteiger partial charge in [0.2, 0.25) is 10.0 Å². The Morgan fingerprint density at radius 1 is 1.10 bits per heavy atom. The quantitative estimate of drug-likeness (QED) is 0.597. The fourth-order valence-electron chi connectivity index (χ4n) is 2.72. The predicted octanol–water partition coefficient (Wildman–Crippen LogP) is 3.42. The lowest BCUT2D eigenvalue weighted by Gasteiger charge is -2.20. The van der Waals surface area contributed by atoms with E-state index in [4.69, 9.17) is 0 Å². The first-order valence-electron chi connectivity index (χ1n) is 9.57. The van der Waals surface area contributed by atoms with Crippen LogP contribution in [0.1, 0.15) is 41.0 Å². The Morgan fingerprint density at radius 3 is 2.30 bits per heavy atom. The molecule has 0 fully saturated rings. The molecule has 0 radical (unpaired) electrons. The van der Waals surface area contributed by atoms with Crippen LogP contribution in [-0.2, 0) is 10.0 Å². The van der Waals surface area contributed by atoms with Gasteiger partial charge < -0.3 is 10.6 Å². The van der Waals surface area contributed by atoms with E-state index in [-0.39, 0.29) is 18.5 Å². The first-order chi connectivity index (χ1) is 14.2. The minimum absolute atomic E-state index is 0.0159. The summed E-state index contributed by atoms with van der Waals surface area (Å²) in [6.45, 7) is 7.59. The molecule has 30 heavy (non-hydrogen) atoms. The highest BCUT2D eigenvalue weighted by Crippen LogP contribution is 2.20. The molecule has 0 saturated heterocycles. The molecule has 8 heteroatoms. The Bertz CT molecular complexity index is 1020. The number of para-hydroxylation sites is 1. The summed E-state index contributed by atoms with van der Waals surface area (Å²) >= 11 is 0. The van der Waals surface area contributed by atoms with Gasteiger partial charge in [0.05, 0.1) is 29.7 Å². The van der Waals surface area contributed by atoms with E-state index in [1.54, 1.807) is 36.4 Å². The molecule has 0 spiro atoms. The van der Waals surface area contributed by atoms with Crippen LogP contribution in [0.25, 0.3) is 0 Å². The highest BCUT2D eigenvalue weighted by atomic mass is 32.2. The van der Waals surface area contributed by atoms with Crippen molar-refractivity contribution < 1.29 is 18.0 Å². The van der Waals surface area contributed by atoms with E-state index in [0.717, 1.165) is 12.7 Å². The monoisotopic (exact) mass is 429 g/mol. The molecule has 0 unspecified atom stereocenters. The molecule has 0 aliphatic carbocycles. The molecule has 0 saturated carbocycles. The molecule has 7 nitrogen and oxygen atoms in total. The normalized spacial score (nSPS) is 12.0. The van der Waals surface area contributed by atoms with Gasteiger partial charge >= 0.3 is 0 Å². The zero-order valence-electron chi connectivity index (χ0n) is 17.4. The van der Waals surface area contributed by atoms with Gasteiger partial charge in [0.25, 0.3) is 11.8 Å². The van der Waals surface area contributed by atoms with Crippen molar-refractivity contribution in [3.8, 4) is 0 Å². The summed E-state index contributed by atoms with van der Waals surface area (Å²) < 4.78 is 25.1. The van der Waals surface area contributed by atoms with Gasteiger partial charge in [-0.1, -0.05) is 25.1 Å².